The third-order valence-corrected chi connectivity index (χ3v) is 4.04. The molecule has 3 nitrogen and oxygen atoms in total. The summed E-state index contributed by atoms with van der Waals surface area (Å²) in [5.74, 6) is 0.754. The van der Waals surface area contributed by atoms with Gasteiger partial charge in [0.15, 0.2) is 0 Å². The molecule has 0 atom stereocenters. The Kier molecular flexibility index (Phi) is 2.61. The summed E-state index contributed by atoms with van der Waals surface area (Å²) in [6.07, 6.45) is 0. The van der Waals surface area contributed by atoms with Crippen LogP contribution in [-0.2, 0) is 4.43 Å². The molecule has 1 N–H and O–H groups in total. The number of hydrogen-bond donors (Lipinski definition) is 1. The molecule has 0 radical (unpaired) electrons. The molecule has 0 aliphatic rings. The van der Waals surface area contributed by atoms with Crippen LogP contribution in [0.3, 0.4) is 0 Å². The maximum absolute atomic E-state index is 11.7. The van der Waals surface area contributed by atoms with Gasteiger partial charge >= 0.3 is 0 Å². The van der Waals surface area contributed by atoms with Crippen LogP contribution in [0.15, 0.2) is 4.79 Å². The topological polar surface area (TPSA) is 45.8 Å². The number of aromatic amines is 1. The number of aromatic nitrogens is 2. The average Bonchev–Trinajstić information content (AvgIpc) is 2.43. The van der Waals surface area contributed by atoms with Gasteiger partial charge in [-0.25, -0.2) is 4.98 Å². The Morgan fingerprint density at radius 2 is 2.21 bits per heavy atom. The predicted octanol–water partition coefficient (Wildman–Crippen LogP) is 2.54. The fourth-order valence-electron chi connectivity index (χ4n) is 1.36. The quantitative estimate of drug-likeness (QED) is 0.648. The molecule has 0 unspecified atom stereocenters. The summed E-state index contributed by atoms with van der Waals surface area (Å²) >= 11 is 3.78. The molecule has 2 aromatic rings. The molecule has 0 fully saturated rings. The SMILES string of the molecule is Cc1sc2nc(CI)[nH]c(=O)c2c1C. The highest BCUT2D eigenvalue weighted by molar-refractivity contribution is 14.1. The summed E-state index contributed by atoms with van der Waals surface area (Å²) in [6.45, 7) is 3.99. The first-order valence-corrected chi connectivity index (χ1v) is 6.52. The molecule has 0 spiro atoms. The molecule has 0 aromatic carbocycles. The minimum Gasteiger partial charge on any atom is -0.309 e. The zero-order valence-corrected chi connectivity index (χ0v) is 10.8. The number of alkyl halides is 1. The monoisotopic (exact) mass is 320 g/mol. The van der Waals surface area contributed by atoms with Crippen molar-refractivity contribution in [3.05, 3.63) is 26.6 Å². The number of hydrogen-bond acceptors (Lipinski definition) is 3. The van der Waals surface area contributed by atoms with Crippen molar-refractivity contribution < 1.29 is 0 Å². The van der Waals surface area contributed by atoms with Crippen LogP contribution in [0, 0.1) is 13.8 Å². The van der Waals surface area contributed by atoms with Gasteiger partial charge < -0.3 is 4.98 Å². The van der Waals surface area contributed by atoms with Crippen LogP contribution in [0.2, 0.25) is 0 Å². The molecule has 14 heavy (non-hydrogen) atoms. The van der Waals surface area contributed by atoms with Crippen molar-refractivity contribution in [2.24, 2.45) is 0 Å². The first kappa shape index (κ1) is 10.1. The Morgan fingerprint density at radius 3 is 2.86 bits per heavy atom. The molecular weight excluding hydrogens is 311 g/mol. The highest BCUT2D eigenvalue weighted by Crippen LogP contribution is 2.25. The van der Waals surface area contributed by atoms with Crippen LogP contribution in [0.25, 0.3) is 10.2 Å². The van der Waals surface area contributed by atoms with Gasteiger partial charge in [-0.05, 0) is 19.4 Å². The molecule has 74 valence electrons. The van der Waals surface area contributed by atoms with Crippen LogP contribution in [0.1, 0.15) is 16.3 Å². The lowest BCUT2D eigenvalue weighted by Gasteiger charge is -1.95. The van der Waals surface area contributed by atoms with Gasteiger partial charge in [0.25, 0.3) is 5.56 Å². The maximum Gasteiger partial charge on any atom is 0.259 e. The minimum absolute atomic E-state index is 0.0106. The molecule has 2 heterocycles. The minimum atomic E-state index is -0.0106. The molecule has 0 aliphatic carbocycles. The maximum atomic E-state index is 11.7. The standard InChI is InChI=1S/C9H9IN2OS/c1-4-5(2)14-9-7(4)8(13)11-6(3-10)12-9/h3H2,1-2H3,(H,11,12,13). The van der Waals surface area contributed by atoms with Crippen molar-refractivity contribution in [3.8, 4) is 0 Å². The summed E-state index contributed by atoms with van der Waals surface area (Å²) < 4.78 is 0.735. The molecule has 0 saturated carbocycles. The van der Waals surface area contributed by atoms with Crippen molar-refractivity contribution in [1.29, 1.82) is 0 Å². The van der Waals surface area contributed by atoms with Gasteiger partial charge in [-0.1, -0.05) is 22.6 Å². The molecule has 0 aliphatic heterocycles. The van der Waals surface area contributed by atoms with Crippen molar-refractivity contribution >= 4 is 44.1 Å². The summed E-state index contributed by atoms with van der Waals surface area (Å²) in [6, 6.07) is 0. The molecule has 5 heteroatoms. The molecular formula is C9H9IN2OS. The Morgan fingerprint density at radius 1 is 1.50 bits per heavy atom. The van der Waals surface area contributed by atoms with Gasteiger partial charge in [0.2, 0.25) is 0 Å². The number of fused-ring (bicyclic) bond motifs is 1. The lowest BCUT2D eigenvalue weighted by atomic mass is 10.2. The highest BCUT2D eigenvalue weighted by atomic mass is 127. The van der Waals surface area contributed by atoms with E-state index in [9.17, 15) is 4.79 Å². The zero-order valence-electron chi connectivity index (χ0n) is 7.85. The van der Waals surface area contributed by atoms with Crippen LogP contribution >= 0.6 is 33.9 Å². The van der Waals surface area contributed by atoms with E-state index in [0.717, 1.165) is 26.0 Å². The van der Waals surface area contributed by atoms with E-state index in [-0.39, 0.29) is 5.56 Å². The predicted molar refractivity (Wildman–Crippen MR) is 67.4 cm³/mol. The van der Waals surface area contributed by atoms with Crippen LogP contribution < -0.4 is 5.56 Å². The van der Waals surface area contributed by atoms with E-state index in [1.807, 2.05) is 13.8 Å². The molecule has 2 rings (SSSR count). The van der Waals surface area contributed by atoms with Crippen molar-refractivity contribution in [2.45, 2.75) is 18.3 Å². The lowest BCUT2D eigenvalue weighted by molar-refractivity contribution is 1.06. The number of H-pyrrole nitrogens is 1. The van der Waals surface area contributed by atoms with Crippen molar-refractivity contribution in [1.82, 2.24) is 9.97 Å². The summed E-state index contributed by atoms with van der Waals surface area (Å²) in [4.78, 5) is 20.9. The van der Waals surface area contributed by atoms with Gasteiger partial charge in [0.1, 0.15) is 10.7 Å². The van der Waals surface area contributed by atoms with Crippen molar-refractivity contribution in [3.63, 3.8) is 0 Å². The Labute approximate surface area is 98.7 Å². The second-order valence-electron chi connectivity index (χ2n) is 3.11. The summed E-state index contributed by atoms with van der Waals surface area (Å²) in [7, 11) is 0. The van der Waals surface area contributed by atoms with Gasteiger partial charge in [-0.3, -0.25) is 4.79 Å². The molecule has 2 aromatic heterocycles. The number of nitrogens with zero attached hydrogens (tertiary/aromatic N) is 1. The first-order valence-electron chi connectivity index (χ1n) is 4.18. The number of thiophene rings is 1. The average molecular weight is 320 g/mol. The van der Waals surface area contributed by atoms with Crippen LogP contribution in [0.5, 0.6) is 0 Å². The van der Waals surface area contributed by atoms with E-state index in [4.69, 9.17) is 0 Å². The lowest BCUT2D eigenvalue weighted by Crippen LogP contribution is -2.10. The Hall–Kier alpha value is -0.430. The molecule has 0 bridgehead atoms. The fourth-order valence-corrected chi connectivity index (χ4v) is 2.77. The van der Waals surface area contributed by atoms with Crippen molar-refractivity contribution in [2.75, 3.05) is 0 Å². The van der Waals surface area contributed by atoms with Gasteiger partial charge in [-0.2, -0.15) is 0 Å². The van der Waals surface area contributed by atoms with E-state index in [0.29, 0.717) is 0 Å². The smallest absolute Gasteiger partial charge is 0.259 e. The largest absolute Gasteiger partial charge is 0.309 e. The number of aryl methyl sites for hydroxylation is 2. The van der Waals surface area contributed by atoms with Crippen LogP contribution in [-0.4, -0.2) is 9.97 Å². The van der Waals surface area contributed by atoms with Gasteiger partial charge in [0, 0.05) is 4.88 Å². The summed E-state index contributed by atoms with van der Waals surface area (Å²) in [5.41, 5.74) is 1.04. The van der Waals surface area contributed by atoms with E-state index in [2.05, 4.69) is 32.6 Å². The number of rotatable bonds is 1. The molecule has 0 amide bonds. The van der Waals surface area contributed by atoms with E-state index in [1.165, 1.54) is 4.88 Å². The second kappa shape index (κ2) is 3.62. The number of nitrogens with one attached hydrogen (secondary N) is 1. The van der Waals surface area contributed by atoms with E-state index >= 15 is 0 Å². The Balaban J connectivity index is 2.90. The van der Waals surface area contributed by atoms with Gasteiger partial charge in [0.05, 0.1) is 9.81 Å². The Bertz CT molecular complexity index is 543. The zero-order chi connectivity index (χ0) is 10.3. The third-order valence-electron chi connectivity index (χ3n) is 2.21. The third kappa shape index (κ3) is 1.48. The fraction of sp³-hybridized carbons (Fsp3) is 0.333. The second-order valence-corrected chi connectivity index (χ2v) is 5.08. The van der Waals surface area contributed by atoms with Crippen LogP contribution in [0.4, 0.5) is 0 Å². The van der Waals surface area contributed by atoms with E-state index in [1.54, 1.807) is 11.3 Å². The first-order chi connectivity index (χ1) is 6.63. The number of halogens is 1. The normalized spacial score (nSPS) is 11.1. The molecule has 0 saturated heterocycles. The highest BCUT2D eigenvalue weighted by Gasteiger charge is 2.10. The van der Waals surface area contributed by atoms with Gasteiger partial charge in [-0.15, -0.1) is 11.3 Å². The van der Waals surface area contributed by atoms with E-state index < -0.39 is 0 Å². The summed E-state index contributed by atoms with van der Waals surface area (Å²) in [5, 5.41) is 0.751.